The average Bonchev–Trinajstić information content (AvgIpc) is 2.93. The minimum atomic E-state index is -0.951. The minimum Gasteiger partial charge on any atom is -0.477 e. The van der Waals surface area contributed by atoms with E-state index in [9.17, 15) is 4.79 Å². The van der Waals surface area contributed by atoms with E-state index in [0.717, 1.165) is 22.3 Å². The van der Waals surface area contributed by atoms with Crippen LogP contribution in [-0.4, -0.2) is 21.0 Å². The molecule has 1 aromatic carbocycles. The van der Waals surface area contributed by atoms with E-state index in [2.05, 4.69) is 22.1 Å². The molecular weight excluding hydrogens is 228 g/mol. The number of benzene rings is 1. The fourth-order valence-corrected chi connectivity index (χ4v) is 2.06. The SMILES string of the molecule is Cc1ccc2cc(-c3ccc(C(=O)O)[nH]3)[nH]c2c1. The first-order valence-electron chi connectivity index (χ1n) is 5.65. The van der Waals surface area contributed by atoms with Crippen molar-refractivity contribution >= 4 is 16.9 Å². The molecule has 3 aromatic rings. The molecule has 2 heterocycles. The fraction of sp³-hybridized carbons (Fsp3) is 0.0714. The predicted molar refractivity (Wildman–Crippen MR) is 69.8 cm³/mol. The highest BCUT2D eigenvalue weighted by atomic mass is 16.4. The summed E-state index contributed by atoms with van der Waals surface area (Å²) in [4.78, 5) is 17.0. The lowest BCUT2D eigenvalue weighted by Crippen LogP contribution is -1.95. The molecule has 0 radical (unpaired) electrons. The van der Waals surface area contributed by atoms with Crippen molar-refractivity contribution < 1.29 is 9.90 Å². The molecule has 0 amide bonds. The van der Waals surface area contributed by atoms with Crippen LogP contribution in [-0.2, 0) is 0 Å². The van der Waals surface area contributed by atoms with Crippen molar-refractivity contribution in [2.24, 2.45) is 0 Å². The maximum atomic E-state index is 10.8. The summed E-state index contributed by atoms with van der Waals surface area (Å²) in [7, 11) is 0. The Morgan fingerprint density at radius 2 is 1.89 bits per heavy atom. The smallest absolute Gasteiger partial charge is 0.352 e. The number of H-pyrrole nitrogens is 2. The van der Waals surface area contributed by atoms with Crippen LogP contribution in [0.4, 0.5) is 0 Å². The van der Waals surface area contributed by atoms with Crippen molar-refractivity contribution in [3.63, 3.8) is 0 Å². The van der Waals surface area contributed by atoms with Crippen LogP contribution in [0.3, 0.4) is 0 Å². The van der Waals surface area contributed by atoms with Gasteiger partial charge in [0, 0.05) is 10.9 Å². The Hall–Kier alpha value is -2.49. The number of carboxylic acid groups (broad SMARTS) is 1. The molecule has 0 saturated carbocycles. The number of carbonyl (C=O) groups is 1. The normalized spacial score (nSPS) is 10.9. The lowest BCUT2D eigenvalue weighted by Gasteiger charge is -1.92. The molecule has 0 spiro atoms. The van der Waals surface area contributed by atoms with Crippen LogP contribution in [0.5, 0.6) is 0 Å². The van der Waals surface area contributed by atoms with Gasteiger partial charge in [0.1, 0.15) is 5.69 Å². The first kappa shape index (κ1) is 10.7. The molecule has 0 bridgehead atoms. The molecule has 0 aliphatic rings. The zero-order chi connectivity index (χ0) is 12.7. The van der Waals surface area contributed by atoms with Gasteiger partial charge < -0.3 is 15.1 Å². The number of hydrogen-bond donors (Lipinski definition) is 3. The van der Waals surface area contributed by atoms with E-state index in [1.54, 1.807) is 12.1 Å². The summed E-state index contributed by atoms with van der Waals surface area (Å²) in [5, 5.41) is 9.99. The Kier molecular flexibility index (Phi) is 2.23. The highest BCUT2D eigenvalue weighted by molar-refractivity contribution is 5.89. The number of nitrogens with one attached hydrogen (secondary N) is 2. The second kappa shape index (κ2) is 3.77. The largest absolute Gasteiger partial charge is 0.477 e. The van der Waals surface area contributed by atoms with Crippen LogP contribution in [0.15, 0.2) is 36.4 Å². The van der Waals surface area contributed by atoms with Crippen LogP contribution >= 0.6 is 0 Å². The van der Waals surface area contributed by atoms with Crippen molar-refractivity contribution in [3.05, 3.63) is 47.7 Å². The molecule has 0 saturated heterocycles. The van der Waals surface area contributed by atoms with E-state index >= 15 is 0 Å². The fourth-order valence-electron chi connectivity index (χ4n) is 2.06. The average molecular weight is 240 g/mol. The van der Waals surface area contributed by atoms with E-state index in [1.807, 2.05) is 19.1 Å². The Balaban J connectivity index is 2.10. The summed E-state index contributed by atoms with van der Waals surface area (Å²) in [5.74, 6) is -0.951. The van der Waals surface area contributed by atoms with Crippen LogP contribution in [0.1, 0.15) is 16.1 Å². The molecule has 0 atom stereocenters. The third-order valence-electron chi connectivity index (χ3n) is 2.98. The number of aromatic nitrogens is 2. The number of carboxylic acids is 1. The second-order valence-corrected chi connectivity index (χ2v) is 4.36. The molecule has 2 aromatic heterocycles. The maximum absolute atomic E-state index is 10.8. The van der Waals surface area contributed by atoms with Crippen molar-refractivity contribution in [2.45, 2.75) is 6.92 Å². The molecule has 0 unspecified atom stereocenters. The van der Waals surface area contributed by atoms with Gasteiger partial charge in [-0.05, 0) is 36.8 Å². The molecule has 0 aliphatic heterocycles. The Bertz CT molecular complexity index is 737. The van der Waals surface area contributed by atoms with Gasteiger partial charge >= 0.3 is 5.97 Å². The molecule has 4 heteroatoms. The maximum Gasteiger partial charge on any atom is 0.352 e. The summed E-state index contributed by atoms with van der Waals surface area (Å²) < 4.78 is 0. The Morgan fingerprint density at radius 3 is 2.61 bits per heavy atom. The van der Waals surface area contributed by atoms with Gasteiger partial charge in [0.25, 0.3) is 0 Å². The molecule has 18 heavy (non-hydrogen) atoms. The quantitative estimate of drug-likeness (QED) is 0.644. The molecule has 90 valence electrons. The summed E-state index contributed by atoms with van der Waals surface area (Å²) in [6.07, 6.45) is 0. The highest BCUT2D eigenvalue weighted by Gasteiger charge is 2.09. The van der Waals surface area contributed by atoms with Gasteiger partial charge in [-0.3, -0.25) is 0 Å². The van der Waals surface area contributed by atoms with Gasteiger partial charge in [0.15, 0.2) is 0 Å². The topological polar surface area (TPSA) is 68.9 Å². The summed E-state index contributed by atoms with van der Waals surface area (Å²) in [6, 6.07) is 11.5. The van der Waals surface area contributed by atoms with Gasteiger partial charge in [-0.25, -0.2) is 4.79 Å². The van der Waals surface area contributed by atoms with Crippen LogP contribution in [0.2, 0.25) is 0 Å². The van der Waals surface area contributed by atoms with E-state index in [4.69, 9.17) is 5.11 Å². The molecule has 3 N–H and O–H groups in total. The van der Waals surface area contributed by atoms with E-state index in [1.165, 1.54) is 5.56 Å². The number of rotatable bonds is 2. The van der Waals surface area contributed by atoms with Crippen LogP contribution in [0.25, 0.3) is 22.3 Å². The Morgan fingerprint density at radius 1 is 1.06 bits per heavy atom. The van der Waals surface area contributed by atoms with Gasteiger partial charge in [0.2, 0.25) is 0 Å². The van der Waals surface area contributed by atoms with E-state index in [0.29, 0.717) is 0 Å². The third-order valence-corrected chi connectivity index (χ3v) is 2.98. The van der Waals surface area contributed by atoms with Gasteiger partial charge in [-0.15, -0.1) is 0 Å². The first-order chi connectivity index (χ1) is 8.63. The monoisotopic (exact) mass is 240 g/mol. The lowest BCUT2D eigenvalue weighted by atomic mass is 10.2. The zero-order valence-electron chi connectivity index (χ0n) is 9.82. The van der Waals surface area contributed by atoms with Gasteiger partial charge in [-0.2, -0.15) is 0 Å². The third kappa shape index (κ3) is 1.68. The van der Waals surface area contributed by atoms with Crippen molar-refractivity contribution in [1.82, 2.24) is 9.97 Å². The first-order valence-corrected chi connectivity index (χ1v) is 5.65. The molecule has 0 fully saturated rings. The van der Waals surface area contributed by atoms with Crippen molar-refractivity contribution in [1.29, 1.82) is 0 Å². The number of aromatic amines is 2. The van der Waals surface area contributed by atoms with Crippen molar-refractivity contribution in [3.8, 4) is 11.4 Å². The summed E-state index contributed by atoms with van der Waals surface area (Å²) in [5.41, 5.74) is 4.11. The molecule has 3 rings (SSSR count). The highest BCUT2D eigenvalue weighted by Crippen LogP contribution is 2.24. The standard InChI is InChI=1S/C14H12N2O2/c1-8-2-3-9-7-13(16-12(9)6-8)10-4-5-11(15-10)14(17)18/h2-7,15-16H,1H3,(H,17,18). The van der Waals surface area contributed by atoms with Crippen molar-refractivity contribution in [2.75, 3.05) is 0 Å². The summed E-state index contributed by atoms with van der Waals surface area (Å²) in [6.45, 7) is 2.04. The minimum absolute atomic E-state index is 0.194. The van der Waals surface area contributed by atoms with E-state index < -0.39 is 5.97 Å². The zero-order valence-corrected chi connectivity index (χ0v) is 9.82. The number of fused-ring (bicyclic) bond motifs is 1. The predicted octanol–water partition coefficient (Wildman–Crippen LogP) is 3.17. The van der Waals surface area contributed by atoms with Crippen LogP contribution in [0, 0.1) is 6.92 Å². The summed E-state index contributed by atoms with van der Waals surface area (Å²) >= 11 is 0. The molecule has 0 aliphatic carbocycles. The number of aryl methyl sites for hydroxylation is 1. The number of hydrogen-bond acceptors (Lipinski definition) is 1. The van der Waals surface area contributed by atoms with Crippen LogP contribution < -0.4 is 0 Å². The number of aromatic carboxylic acids is 1. The molecule has 4 nitrogen and oxygen atoms in total. The molecular formula is C14H12N2O2. The van der Waals surface area contributed by atoms with Gasteiger partial charge in [-0.1, -0.05) is 12.1 Å². The van der Waals surface area contributed by atoms with Gasteiger partial charge in [0.05, 0.1) is 11.4 Å². The van der Waals surface area contributed by atoms with E-state index in [-0.39, 0.29) is 5.69 Å². The Labute approximate surface area is 103 Å². The second-order valence-electron chi connectivity index (χ2n) is 4.36. The lowest BCUT2D eigenvalue weighted by molar-refractivity contribution is 0.0691.